The molecule has 0 radical (unpaired) electrons. The molecule has 0 aromatic heterocycles. The first-order chi connectivity index (χ1) is 8.99. The number of hydrogen-bond donors (Lipinski definition) is 1. The predicted octanol–water partition coefficient (Wildman–Crippen LogP) is 2.02. The van der Waals surface area contributed by atoms with Gasteiger partial charge in [0, 0.05) is 37.3 Å². The number of carbonyl (C=O) groups is 1. The Morgan fingerprint density at radius 3 is 2.42 bits per heavy atom. The van der Waals surface area contributed by atoms with Crippen LogP contribution < -0.4 is 5.32 Å². The Kier molecular flexibility index (Phi) is 3.28. The van der Waals surface area contributed by atoms with Gasteiger partial charge in [0.2, 0.25) is 5.91 Å². The molecule has 1 saturated heterocycles. The molecule has 0 unspecified atom stereocenters. The molecule has 2 aliphatic carbocycles. The molecule has 1 aliphatic heterocycles. The average molecular weight is 272 g/mol. The lowest BCUT2D eigenvalue weighted by Crippen LogP contribution is -2.37. The molecule has 3 rings (SSSR count). The van der Waals surface area contributed by atoms with Crippen molar-refractivity contribution in [1.82, 2.24) is 10.2 Å². The van der Waals surface area contributed by atoms with Crippen molar-refractivity contribution >= 4 is 5.91 Å². The van der Waals surface area contributed by atoms with Crippen LogP contribution in [0.15, 0.2) is 0 Å². The maximum Gasteiger partial charge on any atom is 0.252 e. The number of halogens is 2. The largest absolute Gasteiger partial charge is 0.355 e. The van der Waals surface area contributed by atoms with E-state index >= 15 is 0 Å². The molecule has 2 saturated carbocycles. The molecule has 0 aromatic carbocycles. The van der Waals surface area contributed by atoms with E-state index in [4.69, 9.17) is 0 Å². The van der Waals surface area contributed by atoms with Gasteiger partial charge in [0.15, 0.2) is 0 Å². The highest BCUT2D eigenvalue weighted by atomic mass is 19.3. The third-order valence-electron chi connectivity index (χ3n) is 4.76. The summed E-state index contributed by atoms with van der Waals surface area (Å²) >= 11 is 0. The van der Waals surface area contributed by atoms with Gasteiger partial charge in [-0.3, -0.25) is 4.79 Å². The summed E-state index contributed by atoms with van der Waals surface area (Å²) in [6, 6.07) is 0. The van der Waals surface area contributed by atoms with E-state index in [1.54, 1.807) is 0 Å². The summed E-state index contributed by atoms with van der Waals surface area (Å²) < 4.78 is 25.5. The van der Waals surface area contributed by atoms with Gasteiger partial charge in [-0.15, -0.1) is 0 Å². The van der Waals surface area contributed by atoms with Gasteiger partial charge >= 0.3 is 0 Å². The van der Waals surface area contributed by atoms with E-state index < -0.39 is 11.8 Å². The zero-order valence-electron chi connectivity index (χ0n) is 11.3. The van der Waals surface area contributed by atoms with E-state index in [1.807, 2.05) is 0 Å². The summed E-state index contributed by atoms with van der Waals surface area (Å²) in [5.41, 5.74) is 0.242. The number of nitrogens with zero attached hydrogens (tertiary/aromatic N) is 1. The molecule has 1 N–H and O–H groups in total. The van der Waals surface area contributed by atoms with Crippen LogP contribution in [0.3, 0.4) is 0 Å². The van der Waals surface area contributed by atoms with Crippen molar-refractivity contribution in [2.45, 2.75) is 44.4 Å². The Labute approximate surface area is 112 Å². The summed E-state index contributed by atoms with van der Waals surface area (Å²) in [5.74, 6) is -3.49. The van der Waals surface area contributed by atoms with Crippen molar-refractivity contribution in [2.24, 2.45) is 11.3 Å². The highest BCUT2D eigenvalue weighted by Gasteiger charge is 2.57. The van der Waals surface area contributed by atoms with Crippen LogP contribution in [0.4, 0.5) is 8.78 Å². The number of rotatable bonds is 6. The van der Waals surface area contributed by atoms with Gasteiger partial charge < -0.3 is 10.2 Å². The Morgan fingerprint density at radius 2 is 1.89 bits per heavy atom. The van der Waals surface area contributed by atoms with Gasteiger partial charge in [-0.1, -0.05) is 0 Å². The zero-order valence-corrected chi connectivity index (χ0v) is 11.3. The molecule has 1 heterocycles. The monoisotopic (exact) mass is 272 g/mol. The molecular formula is C14H22F2N2O. The second-order valence-electron chi connectivity index (χ2n) is 6.63. The van der Waals surface area contributed by atoms with E-state index in [-0.39, 0.29) is 24.2 Å². The number of carbonyl (C=O) groups excluding carboxylic acids is 1. The Bertz CT molecular complexity index is 362. The quantitative estimate of drug-likeness (QED) is 0.802. The van der Waals surface area contributed by atoms with Crippen molar-refractivity contribution in [3.8, 4) is 0 Å². The van der Waals surface area contributed by atoms with Crippen LogP contribution in [0.25, 0.3) is 0 Å². The van der Waals surface area contributed by atoms with E-state index in [0.29, 0.717) is 6.54 Å². The highest BCUT2D eigenvalue weighted by molar-refractivity contribution is 5.76. The summed E-state index contributed by atoms with van der Waals surface area (Å²) in [6.45, 7) is 4.07. The molecule has 0 bridgehead atoms. The highest BCUT2D eigenvalue weighted by Crippen LogP contribution is 2.50. The maximum atomic E-state index is 12.7. The number of alkyl halides is 2. The van der Waals surface area contributed by atoms with Crippen molar-refractivity contribution < 1.29 is 13.6 Å². The lowest BCUT2D eigenvalue weighted by atomic mass is 10.1. The lowest BCUT2D eigenvalue weighted by Gasteiger charge is -2.23. The van der Waals surface area contributed by atoms with Gasteiger partial charge in [-0.05, 0) is 38.8 Å². The fraction of sp³-hybridized carbons (Fsp3) is 0.929. The van der Waals surface area contributed by atoms with E-state index in [0.717, 1.165) is 19.4 Å². The molecule has 0 aromatic rings. The molecule has 19 heavy (non-hydrogen) atoms. The van der Waals surface area contributed by atoms with Gasteiger partial charge in [0.25, 0.3) is 5.92 Å². The molecule has 0 spiro atoms. The van der Waals surface area contributed by atoms with Crippen LogP contribution >= 0.6 is 0 Å². The first-order valence-electron chi connectivity index (χ1n) is 7.36. The summed E-state index contributed by atoms with van der Waals surface area (Å²) in [5, 5.41) is 2.87. The number of amides is 1. The average Bonchev–Trinajstić information content (AvgIpc) is 3.13. The standard InChI is InChI=1S/C14H22F2N2O/c15-14(16)8-11(14)7-12(19)17-9-13(3-4-13)10-18-5-1-2-6-18/h11H,1-10H2,(H,17,19)/t11-/m1/s1. The fourth-order valence-electron chi connectivity index (χ4n) is 3.06. The SMILES string of the molecule is O=C(C[C@@H]1CC1(F)F)NCC1(CN2CCCC2)CC1. The third kappa shape index (κ3) is 3.25. The van der Waals surface area contributed by atoms with Crippen LogP contribution in [0, 0.1) is 11.3 Å². The van der Waals surface area contributed by atoms with Gasteiger partial charge in [-0.25, -0.2) is 8.78 Å². The second kappa shape index (κ2) is 4.69. The summed E-state index contributed by atoms with van der Waals surface area (Å²) in [4.78, 5) is 14.1. The van der Waals surface area contributed by atoms with Gasteiger partial charge in [0.1, 0.15) is 0 Å². The summed E-state index contributed by atoms with van der Waals surface area (Å²) in [6.07, 6.45) is 4.75. The summed E-state index contributed by atoms with van der Waals surface area (Å²) in [7, 11) is 0. The predicted molar refractivity (Wildman–Crippen MR) is 68.0 cm³/mol. The van der Waals surface area contributed by atoms with Crippen molar-refractivity contribution in [2.75, 3.05) is 26.2 Å². The molecule has 3 aliphatic rings. The minimum absolute atomic E-state index is 0.00715. The first kappa shape index (κ1) is 13.3. The molecular weight excluding hydrogens is 250 g/mol. The molecule has 5 heteroatoms. The fourth-order valence-corrected chi connectivity index (χ4v) is 3.06. The Balaban J connectivity index is 1.38. The van der Waals surface area contributed by atoms with Crippen LogP contribution in [0.1, 0.15) is 38.5 Å². The van der Waals surface area contributed by atoms with Crippen molar-refractivity contribution in [3.05, 3.63) is 0 Å². The minimum atomic E-state index is -2.58. The number of hydrogen-bond acceptors (Lipinski definition) is 2. The molecule has 1 atom stereocenters. The lowest BCUT2D eigenvalue weighted by molar-refractivity contribution is -0.122. The van der Waals surface area contributed by atoms with E-state index in [1.165, 1.54) is 25.9 Å². The zero-order chi connectivity index (χ0) is 13.5. The molecule has 3 fully saturated rings. The van der Waals surface area contributed by atoms with Crippen molar-refractivity contribution in [3.63, 3.8) is 0 Å². The smallest absolute Gasteiger partial charge is 0.252 e. The normalized spacial score (nSPS) is 31.2. The topological polar surface area (TPSA) is 32.3 Å². The third-order valence-corrected chi connectivity index (χ3v) is 4.76. The maximum absolute atomic E-state index is 12.7. The van der Waals surface area contributed by atoms with E-state index in [2.05, 4.69) is 10.2 Å². The van der Waals surface area contributed by atoms with E-state index in [9.17, 15) is 13.6 Å². The Morgan fingerprint density at radius 1 is 1.26 bits per heavy atom. The number of likely N-dealkylation sites (tertiary alicyclic amines) is 1. The number of nitrogens with one attached hydrogen (secondary N) is 1. The Hall–Kier alpha value is -0.710. The van der Waals surface area contributed by atoms with Crippen LogP contribution in [0.2, 0.25) is 0 Å². The molecule has 3 nitrogen and oxygen atoms in total. The van der Waals surface area contributed by atoms with Gasteiger partial charge in [0.05, 0.1) is 0 Å². The molecule has 1 amide bonds. The van der Waals surface area contributed by atoms with Crippen LogP contribution in [0.5, 0.6) is 0 Å². The second-order valence-corrected chi connectivity index (χ2v) is 6.63. The van der Waals surface area contributed by atoms with Crippen LogP contribution in [-0.4, -0.2) is 42.9 Å². The minimum Gasteiger partial charge on any atom is -0.355 e. The van der Waals surface area contributed by atoms with Crippen LogP contribution in [-0.2, 0) is 4.79 Å². The van der Waals surface area contributed by atoms with Crippen molar-refractivity contribution in [1.29, 1.82) is 0 Å². The molecule has 108 valence electrons. The van der Waals surface area contributed by atoms with Gasteiger partial charge in [-0.2, -0.15) is 0 Å². The first-order valence-corrected chi connectivity index (χ1v) is 7.36.